The molecule has 9 nitrogen and oxygen atoms in total. The molecule has 0 radical (unpaired) electrons. The molecule has 1 saturated heterocycles. The Morgan fingerprint density at radius 3 is 2.57 bits per heavy atom. The fourth-order valence-corrected chi connectivity index (χ4v) is 3.29. The molecule has 0 aliphatic carbocycles. The van der Waals surface area contributed by atoms with E-state index in [0.29, 0.717) is 43.1 Å². The number of aryl methyl sites for hydroxylation is 1. The molecule has 2 heterocycles. The van der Waals surface area contributed by atoms with E-state index in [4.69, 9.17) is 0 Å². The van der Waals surface area contributed by atoms with Crippen molar-refractivity contribution in [3.63, 3.8) is 0 Å². The Balaban J connectivity index is 0.00000280. The molecule has 2 unspecified atom stereocenters. The molecule has 1 aliphatic heterocycles. The summed E-state index contributed by atoms with van der Waals surface area (Å²) in [6.45, 7) is 5.35. The SMILES string of the molecule is Cc1nn(Cc2ccc(C(=O)NCC3CNCC3O)cc2)c(C)c1[N+](=O)[O-].Cl. The van der Waals surface area contributed by atoms with Gasteiger partial charge < -0.3 is 15.7 Å². The van der Waals surface area contributed by atoms with Crippen molar-refractivity contribution in [2.45, 2.75) is 26.5 Å². The van der Waals surface area contributed by atoms with Gasteiger partial charge in [0.2, 0.25) is 0 Å². The maximum atomic E-state index is 12.2. The van der Waals surface area contributed by atoms with Crippen LogP contribution in [0.15, 0.2) is 24.3 Å². The zero-order valence-electron chi connectivity index (χ0n) is 15.7. The number of aliphatic hydroxyl groups is 1. The number of carbonyl (C=O) groups is 1. The van der Waals surface area contributed by atoms with Gasteiger partial charge in [-0.2, -0.15) is 5.10 Å². The number of aromatic nitrogens is 2. The summed E-state index contributed by atoms with van der Waals surface area (Å²) in [7, 11) is 0. The lowest BCUT2D eigenvalue weighted by atomic mass is 10.1. The highest BCUT2D eigenvalue weighted by Crippen LogP contribution is 2.22. The zero-order valence-corrected chi connectivity index (χ0v) is 16.5. The van der Waals surface area contributed by atoms with Crippen molar-refractivity contribution < 1.29 is 14.8 Å². The summed E-state index contributed by atoms with van der Waals surface area (Å²) in [6, 6.07) is 7.05. The minimum absolute atomic E-state index is 0. The molecule has 2 atom stereocenters. The molecule has 1 amide bonds. The summed E-state index contributed by atoms with van der Waals surface area (Å²) in [4.78, 5) is 22.9. The van der Waals surface area contributed by atoms with Crippen molar-refractivity contribution in [2.24, 2.45) is 5.92 Å². The van der Waals surface area contributed by atoms with Gasteiger partial charge in [0.05, 0.1) is 17.6 Å². The second-order valence-electron chi connectivity index (χ2n) is 6.83. The van der Waals surface area contributed by atoms with Crippen molar-refractivity contribution in [1.29, 1.82) is 0 Å². The molecule has 28 heavy (non-hydrogen) atoms. The Kier molecular flexibility index (Phi) is 7.11. The minimum atomic E-state index is -0.433. The number of rotatable bonds is 6. The van der Waals surface area contributed by atoms with Crippen molar-refractivity contribution in [1.82, 2.24) is 20.4 Å². The summed E-state index contributed by atoms with van der Waals surface area (Å²) < 4.78 is 1.59. The van der Waals surface area contributed by atoms with E-state index in [1.54, 1.807) is 30.7 Å². The van der Waals surface area contributed by atoms with Crippen LogP contribution in [0.1, 0.15) is 27.3 Å². The average Bonchev–Trinajstić information content (AvgIpc) is 3.16. The summed E-state index contributed by atoms with van der Waals surface area (Å²) in [5.74, 6) is -0.169. The summed E-state index contributed by atoms with van der Waals surface area (Å²) in [5, 5.41) is 31.0. The van der Waals surface area contributed by atoms with E-state index in [-0.39, 0.29) is 29.9 Å². The van der Waals surface area contributed by atoms with E-state index in [0.717, 1.165) is 5.56 Å². The molecule has 1 fully saturated rings. The van der Waals surface area contributed by atoms with Crippen LogP contribution in [-0.4, -0.2) is 51.5 Å². The third kappa shape index (κ3) is 4.67. The predicted molar refractivity (Wildman–Crippen MR) is 106 cm³/mol. The van der Waals surface area contributed by atoms with Crippen LogP contribution < -0.4 is 10.6 Å². The molecule has 1 aliphatic rings. The lowest BCUT2D eigenvalue weighted by Gasteiger charge is -2.14. The van der Waals surface area contributed by atoms with Gasteiger partial charge in [0.15, 0.2) is 0 Å². The maximum absolute atomic E-state index is 12.2. The monoisotopic (exact) mass is 409 g/mol. The number of halogens is 1. The Hall–Kier alpha value is -2.49. The van der Waals surface area contributed by atoms with E-state index in [1.807, 2.05) is 12.1 Å². The molecule has 0 bridgehead atoms. The van der Waals surface area contributed by atoms with E-state index in [1.165, 1.54) is 0 Å². The number of carbonyl (C=O) groups excluding carboxylic acids is 1. The second-order valence-corrected chi connectivity index (χ2v) is 6.83. The molecule has 1 aromatic carbocycles. The van der Waals surface area contributed by atoms with Crippen LogP contribution in [0, 0.1) is 29.9 Å². The van der Waals surface area contributed by atoms with Gasteiger partial charge in [-0.3, -0.25) is 19.6 Å². The topological polar surface area (TPSA) is 122 Å². The van der Waals surface area contributed by atoms with Crippen LogP contribution in [0.4, 0.5) is 5.69 Å². The number of nitrogens with zero attached hydrogens (tertiary/aromatic N) is 3. The van der Waals surface area contributed by atoms with Crippen LogP contribution >= 0.6 is 12.4 Å². The highest BCUT2D eigenvalue weighted by atomic mass is 35.5. The van der Waals surface area contributed by atoms with Gasteiger partial charge in [-0.05, 0) is 31.5 Å². The predicted octanol–water partition coefficient (Wildman–Crippen LogP) is 1.19. The maximum Gasteiger partial charge on any atom is 0.312 e. The second kappa shape index (κ2) is 9.13. The molecule has 3 N–H and O–H groups in total. The molecule has 0 saturated carbocycles. The molecule has 3 rings (SSSR count). The van der Waals surface area contributed by atoms with Crippen molar-refractivity contribution >= 4 is 24.0 Å². The quantitative estimate of drug-likeness (QED) is 0.486. The molecule has 1 aromatic heterocycles. The molecule has 2 aromatic rings. The normalized spacial score (nSPS) is 18.5. The number of nitro groups is 1. The standard InChI is InChI=1S/C18H23N5O4.ClH/c1-11-17(23(26)27)12(2)22(21-11)10-13-3-5-14(6-4-13)18(25)20-8-15-7-19-9-16(15)24;/h3-6,15-16,19,24H,7-10H2,1-2H3,(H,20,25);1H. The van der Waals surface area contributed by atoms with Crippen LogP contribution in [0.25, 0.3) is 0 Å². The molecular weight excluding hydrogens is 386 g/mol. The van der Waals surface area contributed by atoms with Crippen LogP contribution in [-0.2, 0) is 6.54 Å². The van der Waals surface area contributed by atoms with Gasteiger partial charge in [-0.1, -0.05) is 12.1 Å². The first-order chi connectivity index (χ1) is 12.9. The van der Waals surface area contributed by atoms with Crippen molar-refractivity contribution in [3.05, 3.63) is 56.9 Å². The first-order valence-electron chi connectivity index (χ1n) is 8.81. The number of hydrogen-bond donors (Lipinski definition) is 3. The first kappa shape index (κ1) is 21.8. The fraction of sp³-hybridized carbons (Fsp3) is 0.444. The van der Waals surface area contributed by atoms with Gasteiger partial charge >= 0.3 is 5.69 Å². The van der Waals surface area contributed by atoms with E-state index < -0.39 is 11.0 Å². The van der Waals surface area contributed by atoms with Crippen molar-refractivity contribution in [3.8, 4) is 0 Å². The number of aliphatic hydroxyl groups excluding tert-OH is 1. The van der Waals surface area contributed by atoms with Gasteiger partial charge in [0.1, 0.15) is 11.4 Å². The average molecular weight is 410 g/mol. The van der Waals surface area contributed by atoms with Gasteiger partial charge in [-0.15, -0.1) is 12.4 Å². The Bertz CT molecular complexity index is 852. The number of hydrogen-bond acceptors (Lipinski definition) is 6. The third-order valence-corrected chi connectivity index (χ3v) is 4.90. The molecule has 152 valence electrons. The number of benzene rings is 1. The Labute approximate surface area is 168 Å². The molecule has 10 heteroatoms. The minimum Gasteiger partial charge on any atom is -0.391 e. The third-order valence-electron chi connectivity index (χ3n) is 4.90. The first-order valence-corrected chi connectivity index (χ1v) is 8.81. The Morgan fingerprint density at radius 1 is 1.36 bits per heavy atom. The van der Waals surface area contributed by atoms with Crippen molar-refractivity contribution in [2.75, 3.05) is 19.6 Å². The number of amides is 1. The lowest BCUT2D eigenvalue weighted by Crippen LogP contribution is -2.34. The Morgan fingerprint density at radius 2 is 2.04 bits per heavy atom. The summed E-state index contributed by atoms with van der Waals surface area (Å²) in [6.07, 6.45) is -0.433. The van der Waals surface area contributed by atoms with Gasteiger partial charge in [0.25, 0.3) is 5.91 Å². The van der Waals surface area contributed by atoms with Crippen LogP contribution in [0.2, 0.25) is 0 Å². The number of β-amino-alcohol motifs (C(OH)–C–C–N with tert-alkyl or cyclic N) is 1. The highest BCUT2D eigenvalue weighted by molar-refractivity contribution is 5.94. The van der Waals surface area contributed by atoms with Gasteiger partial charge in [0, 0.05) is 31.1 Å². The summed E-state index contributed by atoms with van der Waals surface area (Å²) in [5.41, 5.74) is 2.34. The number of nitrogens with one attached hydrogen (secondary N) is 2. The van der Waals surface area contributed by atoms with E-state index in [2.05, 4.69) is 15.7 Å². The molecule has 0 spiro atoms. The van der Waals surface area contributed by atoms with Crippen LogP contribution in [0.5, 0.6) is 0 Å². The van der Waals surface area contributed by atoms with E-state index in [9.17, 15) is 20.0 Å². The smallest absolute Gasteiger partial charge is 0.312 e. The zero-order chi connectivity index (χ0) is 19.6. The van der Waals surface area contributed by atoms with Crippen LogP contribution in [0.3, 0.4) is 0 Å². The largest absolute Gasteiger partial charge is 0.391 e. The fourth-order valence-electron chi connectivity index (χ4n) is 3.29. The van der Waals surface area contributed by atoms with E-state index >= 15 is 0 Å². The highest BCUT2D eigenvalue weighted by Gasteiger charge is 2.25. The van der Waals surface area contributed by atoms with Gasteiger partial charge in [-0.25, -0.2) is 0 Å². The summed E-state index contributed by atoms with van der Waals surface area (Å²) >= 11 is 0. The lowest BCUT2D eigenvalue weighted by molar-refractivity contribution is -0.386. The molecular formula is C18H24ClN5O4.